The maximum absolute atomic E-state index is 12.4. The van der Waals surface area contributed by atoms with Crippen LogP contribution in [0.2, 0.25) is 0 Å². The maximum atomic E-state index is 12.4. The minimum Gasteiger partial charge on any atom is -0.391 e. The number of likely N-dealkylation sites (tertiary alicyclic amines) is 1. The SMILES string of the molecule is CCCCC1CCC(C(=O)N2CCCC(O)C2)CC1. The second-order valence-electron chi connectivity index (χ2n) is 6.44. The van der Waals surface area contributed by atoms with E-state index in [1.54, 1.807) is 0 Å². The fraction of sp³-hybridized carbons (Fsp3) is 0.938. The number of unbranched alkanes of at least 4 members (excludes halogenated alkanes) is 1. The van der Waals surface area contributed by atoms with Crippen LogP contribution in [0.15, 0.2) is 0 Å². The van der Waals surface area contributed by atoms with Crippen LogP contribution in [0.5, 0.6) is 0 Å². The summed E-state index contributed by atoms with van der Waals surface area (Å²) in [5.41, 5.74) is 0. The van der Waals surface area contributed by atoms with Crippen LogP contribution in [0.4, 0.5) is 0 Å². The van der Waals surface area contributed by atoms with Crippen molar-refractivity contribution in [3.8, 4) is 0 Å². The second kappa shape index (κ2) is 7.28. The lowest BCUT2D eigenvalue weighted by Gasteiger charge is -2.35. The van der Waals surface area contributed by atoms with Gasteiger partial charge in [-0.15, -0.1) is 0 Å². The first-order chi connectivity index (χ1) is 9.20. The summed E-state index contributed by atoms with van der Waals surface area (Å²) in [5.74, 6) is 1.41. The van der Waals surface area contributed by atoms with E-state index in [9.17, 15) is 9.90 Å². The van der Waals surface area contributed by atoms with Gasteiger partial charge in [0.1, 0.15) is 0 Å². The quantitative estimate of drug-likeness (QED) is 0.850. The Morgan fingerprint density at radius 1 is 1.21 bits per heavy atom. The van der Waals surface area contributed by atoms with Crippen LogP contribution < -0.4 is 0 Å². The number of piperidine rings is 1. The molecule has 1 heterocycles. The Kier molecular flexibility index (Phi) is 5.68. The van der Waals surface area contributed by atoms with Crippen molar-refractivity contribution in [3.63, 3.8) is 0 Å². The molecule has 0 aromatic heterocycles. The molecule has 1 unspecified atom stereocenters. The molecule has 2 fully saturated rings. The molecule has 0 radical (unpaired) electrons. The van der Waals surface area contributed by atoms with Gasteiger partial charge in [0, 0.05) is 19.0 Å². The predicted molar refractivity (Wildman–Crippen MR) is 76.8 cm³/mol. The number of carbonyl (C=O) groups excluding carboxylic acids is 1. The fourth-order valence-electron chi connectivity index (χ4n) is 3.60. The molecule has 0 spiro atoms. The van der Waals surface area contributed by atoms with E-state index < -0.39 is 0 Å². The van der Waals surface area contributed by atoms with Crippen LogP contribution in [0.3, 0.4) is 0 Å². The molecule has 1 atom stereocenters. The number of aliphatic hydroxyl groups is 1. The van der Waals surface area contributed by atoms with Gasteiger partial charge in [0.15, 0.2) is 0 Å². The lowest BCUT2D eigenvalue weighted by molar-refractivity contribution is -0.140. The van der Waals surface area contributed by atoms with Gasteiger partial charge in [0.05, 0.1) is 6.10 Å². The van der Waals surface area contributed by atoms with E-state index in [4.69, 9.17) is 0 Å². The Morgan fingerprint density at radius 2 is 1.95 bits per heavy atom. The average molecular weight is 267 g/mol. The first-order valence-corrected chi connectivity index (χ1v) is 8.17. The molecule has 1 aliphatic carbocycles. The third-order valence-corrected chi connectivity index (χ3v) is 4.87. The third kappa shape index (κ3) is 4.20. The van der Waals surface area contributed by atoms with E-state index in [1.807, 2.05) is 4.90 Å². The van der Waals surface area contributed by atoms with E-state index in [1.165, 1.54) is 32.1 Å². The standard InChI is InChI=1S/C16H29NO2/c1-2-3-5-13-7-9-14(10-8-13)16(19)17-11-4-6-15(18)12-17/h13-15,18H,2-12H2,1H3. The molecule has 2 rings (SSSR count). The lowest BCUT2D eigenvalue weighted by Crippen LogP contribution is -2.45. The zero-order valence-electron chi connectivity index (χ0n) is 12.3. The van der Waals surface area contributed by atoms with Crippen molar-refractivity contribution in [2.45, 2.75) is 70.8 Å². The summed E-state index contributed by atoms with van der Waals surface area (Å²) < 4.78 is 0. The highest BCUT2D eigenvalue weighted by atomic mass is 16.3. The van der Waals surface area contributed by atoms with Gasteiger partial charge < -0.3 is 10.0 Å². The van der Waals surface area contributed by atoms with Crippen LogP contribution in [-0.2, 0) is 4.79 Å². The van der Waals surface area contributed by atoms with Crippen molar-refractivity contribution in [2.75, 3.05) is 13.1 Å². The highest BCUT2D eigenvalue weighted by molar-refractivity contribution is 5.79. The Labute approximate surface area is 117 Å². The molecule has 1 aliphatic heterocycles. The second-order valence-corrected chi connectivity index (χ2v) is 6.44. The first kappa shape index (κ1) is 14.8. The normalized spacial score (nSPS) is 32.3. The number of nitrogens with zero attached hydrogens (tertiary/aromatic N) is 1. The molecule has 110 valence electrons. The van der Waals surface area contributed by atoms with E-state index in [-0.39, 0.29) is 12.0 Å². The molecule has 0 aromatic rings. The largest absolute Gasteiger partial charge is 0.391 e. The van der Waals surface area contributed by atoms with Crippen molar-refractivity contribution in [2.24, 2.45) is 11.8 Å². The highest BCUT2D eigenvalue weighted by Gasteiger charge is 2.31. The molecule has 3 nitrogen and oxygen atoms in total. The Bertz CT molecular complexity index is 284. The number of carbonyl (C=O) groups is 1. The number of rotatable bonds is 4. The highest BCUT2D eigenvalue weighted by Crippen LogP contribution is 2.33. The predicted octanol–water partition coefficient (Wildman–Crippen LogP) is 2.97. The zero-order valence-corrected chi connectivity index (χ0v) is 12.3. The summed E-state index contributed by atoms with van der Waals surface area (Å²) in [6.07, 6.45) is 10.1. The molecule has 1 saturated carbocycles. The number of amides is 1. The summed E-state index contributed by atoms with van der Waals surface area (Å²) >= 11 is 0. The van der Waals surface area contributed by atoms with Crippen LogP contribution in [0.1, 0.15) is 64.7 Å². The van der Waals surface area contributed by atoms with Crippen LogP contribution >= 0.6 is 0 Å². The Balaban J connectivity index is 1.75. The van der Waals surface area contributed by atoms with Crippen LogP contribution in [0, 0.1) is 11.8 Å². The summed E-state index contributed by atoms with van der Waals surface area (Å²) in [7, 11) is 0. The molecule has 1 amide bonds. The van der Waals surface area contributed by atoms with E-state index in [0.717, 1.165) is 38.1 Å². The first-order valence-electron chi connectivity index (χ1n) is 8.17. The monoisotopic (exact) mass is 267 g/mol. The number of hydrogen-bond donors (Lipinski definition) is 1. The number of hydrogen-bond acceptors (Lipinski definition) is 2. The van der Waals surface area contributed by atoms with E-state index in [0.29, 0.717) is 12.5 Å². The molecule has 19 heavy (non-hydrogen) atoms. The van der Waals surface area contributed by atoms with Crippen molar-refractivity contribution >= 4 is 5.91 Å². The van der Waals surface area contributed by atoms with Gasteiger partial charge in [-0.2, -0.15) is 0 Å². The van der Waals surface area contributed by atoms with E-state index in [2.05, 4.69) is 6.92 Å². The van der Waals surface area contributed by atoms with Gasteiger partial charge in [-0.05, 0) is 44.4 Å². The van der Waals surface area contributed by atoms with Gasteiger partial charge in [-0.3, -0.25) is 4.79 Å². The molecule has 1 N–H and O–H groups in total. The lowest BCUT2D eigenvalue weighted by atomic mass is 9.79. The smallest absolute Gasteiger partial charge is 0.225 e. The molecule has 3 heteroatoms. The minimum atomic E-state index is -0.293. The van der Waals surface area contributed by atoms with Crippen LogP contribution in [0.25, 0.3) is 0 Å². The molecule has 0 bridgehead atoms. The van der Waals surface area contributed by atoms with Crippen molar-refractivity contribution in [1.82, 2.24) is 4.90 Å². The zero-order chi connectivity index (χ0) is 13.7. The summed E-state index contributed by atoms with van der Waals surface area (Å²) in [4.78, 5) is 14.3. The van der Waals surface area contributed by atoms with E-state index >= 15 is 0 Å². The molecule has 2 aliphatic rings. The van der Waals surface area contributed by atoms with Gasteiger partial charge >= 0.3 is 0 Å². The van der Waals surface area contributed by atoms with Crippen molar-refractivity contribution in [3.05, 3.63) is 0 Å². The van der Waals surface area contributed by atoms with Gasteiger partial charge in [-0.1, -0.05) is 26.2 Å². The Morgan fingerprint density at radius 3 is 2.58 bits per heavy atom. The fourth-order valence-corrected chi connectivity index (χ4v) is 3.60. The third-order valence-electron chi connectivity index (χ3n) is 4.87. The van der Waals surface area contributed by atoms with Gasteiger partial charge in [-0.25, -0.2) is 0 Å². The molecular weight excluding hydrogens is 238 g/mol. The van der Waals surface area contributed by atoms with Gasteiger partial charge in [0.2, 0.25) is 5.91 Å². The topological polar surface area (TPSA) is 40.5 Å². The molecule has 0 aromatic carbocycles. The molecule has 1 saturated heterocycles. The number of aliphatic hydroxyl groups excluding tert-OH is 1. The summed E-state index contributed by atoms with van der Waals surface area (Å²) in [6, 6.07) is 0. The van der Waals surface area contributed by atoms with Gasteiger partial charge in [0.25, 0.3) is 0 Å². The Hall–Kier alpha value is -0.570. The van der Waals surface area contributed by atoms with Crippen molar-refractivity contribution in [1.29, 1.82) is 0 Å². The van der Waals surface area contributed by atoms with Crippen LogP contribution in [-0.4, -0.2) is 35.1 Å². The minimum absolute atomic E-state index is 0.239. The number of β-amino-alcohol motifs (C(OH)–C–C–N with tert-alkyl or cyclic N) is 1. The summed E-state index contributed by atoms with van der Waals surface area (Å²) in [5, 5.41) is 9.67. The summed E-state index contributed by atoms with van der Waals surface area (Å²) in [6.45, 7) is 3.66. The average Bonchev–Trinajstić information content (AvgIpc) is 2.45. The maximum Gasteiger partial charge on any atom is 0.225 e. The molecular formula is C16H29NO2. The van der Waals surface area contributed by atoms with Crippen molar-refractivity contribution < 1.29 is 9.90 Å².